The van der Waals surface area contributed by atoms with Crippen LogP contribution < -0.4 is 0 Å². The van der Waals surface area contributed by atoms with E-state index in [0.29, 0.717) is 37.7 Å². The smallest absolute Gasteiger partial charge is 0.342 e. The van der Waals surface area contributed by atoms with Crippen molar-refractivity contribution in [1.82, 2.24) is 0 Å². The van der Waals surface area contributed by atoms with Gasteiger partial charge in [0.25, 0.3) is 0 Å². The summed E-state index contributed by atoms with van der Waals surface area (Å²) in [6.07, 6.45) is 0.609. The molecule has 4 atom stereocenters. The SMILES string of the molecule is COC(=O)CCC1CC2CC(O)CC(Cc3cccc(O)c3C(=O)O1)O2. The summed E-state index contributed by atoms with van der Waals surface area (Å²) in [4.78, 5) is 24.1. The van der Waals surface area contributed by atoms with Crippen LogP contribution in [-0.4, -0.2) is 53.7 Å². The lowest BCUT2D eigenvalue weighted by atomic mass is 9.91. The number of carbonyl (C=O) groups excluding carboxylic acids is 2. The van der Waals surface area contributed by atoms with Crippen LogP contribution in [0.5, 0.6) is 5.75 Å². The lowest BCUT2D eigenvalue weighted by Crippen LogP contribution is -2.40. The van der Waals surface area contributed by atoms with E-state index in [1.165, 1.54) is 13.2 Å². The van der Waals surface area contributed by atoms with Crippen molar-refractivity contribution in [3.05, 3.63) is 29.3 Å². The zero-order valence-corrected chi connectivity index (χ0v) is 14.7. The number of hydrogen-bond donors (Lipinski definition) is 2. The van der Waals surface area contributed by atoms with Gasteiger partial charge in [-0.2, -0.15) is 0 Å². The Labute approximate surface area is 151 Å². The fourth-order valence-corrected chi connectivity index (χ4v) is 3.72. The van der Waals surface area contributed by atoms with E-state index in [1.807, 2.05) is 0 Å². The van der Waals surface area contributed by atoms with Gasteiger partial charge < -0.3 is 24.4 Å². The second-order valence-electron chi connectivity index (χ2n) is 6.90. The predicted octanol–water partition coefficient (Wildman–Crippen LogP) is 1.73. The number of hydrogen-bond acceptors (Lipinski definition) is 7. The Bertz CT molecular complexity index is 672. The van der Waals surface area contributed by atoms with Crippen molar-refractivity contribution >= 4 is 11.9 Å². The molecule has 7 heteroatoms. The Balaban J connectivity index is 1.88. The molecule has 2 aliphatic heterocycles. The molecule has 0 aromatic heterocycles. The van der Waals surface area contributed by atoms with Crippen LogP contribution in [-0.2, 0) is 25.4 Å². The highest BCUT2D eigenvalue weighted by atomic mass is 16.6. The van der Waals surface area contributed by atoms with Gasteiger partial charge in [0.1, 0.15) is 17.4 Å². The van der Waals surface area contributed by atoms with Gasteiger partial charge in [-0.1, -0.05) is 12.1 Å². The molecule has 4 unspecified atom stereocenters. The molecule has 2 heterocycles. The first-order valence-electron chi connectivity index (χ1n) is 8.88. The Morgan fingerprint density at radius 1 is 1.27 bits per heavy atom. The summed E-state index contributed by atoms with van der Waals surface area (Å²) in [6, 6.07) is 4.86. The molecule has 2 aliphatic rings. The molecule has 3 rings (SSSR count). The summed E-state index contributed by atoms with van der Waals surface area (Å²) in [6.45, 7) is 0. The van der Waals surface area contributed by atoms with Crippen LogP contribution in [0.3, 0.4) is 0 Å². The molecule has 142 valence electrons. The van der Waals surface area contributed by atoms with Gasteiger partial charge in [0, 0.05) is 12.8 Å². The van der Waals surface area contributed by atoms with E-state index in [9.17, 15) is 19.8 Å². The van der Waals surface area contributed by atoms with E-state index >= 15 is 0 Å². The lowest BCUT2D eigenvalue weighted by molar-refractivity contribution is -0.142. The largest absolute Gasteiger partial charge is 0.507 e. The third kappa shape index (κ3) is 4.34. The van der Waals surface area contributed by atoms with Gasteiger partial charge in [0.2, 0.25) is 0 Å². The van der Waals surface area contributed by atoms with E-state index in [4.69, 9.17) is 9.47 Å². The Morgan fingerprint density at radius 3 is 2.81 bits per heavy atom. The van der Waals surface area contributed by atoms with Crippen molar-refractivity contribution < 1.29 is 34.0 Å². The molecular formula is C19H24O7. The monoisotopic (exact) mass is 364 g/mol. The highest BCUT2D eigenvalue weighted by Gasteiger charge is 2.34. The Morgan fingerprint density at radius 2 is 2.04 bits per heavy atom. The summed E-state index contributed by atoms with van der Waals surface area (Å²) in [5.41, 5.74) is 0.749. The van der Waals surface area contributed by atoms with Crippen molar-refractivity contribution in [2.45, 2.75) is 62.9 Å². The van der Waals surface area contributed by atoms with E-state index in [2.05, 4.69) is 4.74 Å². The fraction of sp³-hybridized carbons (Fsp3) is 0.579. The molecule has 1 fully saturated rings. The molecule has 7 nitrogen and oxygen atoms in total. The maximum Gasteiger partial charge on any atom is 0.342 e. The number of esters is 2. The molecule has 2 bridgehead atoms. The number of rotatable bonds is 3. The number of aliphatic hydroxyl groups is 1. The van der Waals surface area contributed by atoms with Crippen LogP contribution in [0.2, 0.25) is 0 Å². The summed E-state index contributed by atoms with van der Waals surface area (Å²) in [5.74, 6) is -1.13. The van der Waals surface area contributed by atoms with Crippen LogP contribution in [0.4, 0.5) is 0 Å². The summed E-state index contributed by atoms with van der Waals surface area (Å²) >= 11 is 0. The predicted molar refractivity (Wildman–Crippen MR) is 90.8 cm³/mol. The average Bonchev–Trinajstić information content (AvgIpc) is 2.58. The van der Waals surface area contributed by atoms with Gasteiger partial charge in [-0.25, -0.2) is 4.79 Å². The topological polar surface area (TPSA) is 102 Å². The minimum absolute atomic E-state index is 0.112. The molecule has 0 amide bonds. The maximum atomic E-state index is 12.7. The van der Waals surface area contributed by atoms with Crippen molar-refractivity contribution in [1.29, 1.82) is 0 Å². The fourth-order valence-electron chi connectivity index (χ4n) is 3.72. The quantitative estimate of drug-likeness (QED) is 0.787. The van der Waals surface area contributed by atoms with Crippen molar-refractivity contribution in [2.75, 3.05) is 7.11 Å². The number of phenolic OH excluding ortho intramolecular Hbond substituents is 1. The number of benzene rings is 1. The number of ether oxygens (including phenoxy) is 3. The second-order valence-corrected chi connectivity index (χ2v) is 6.90. The number of fused-ring (bicyclic) bond motifs is 3. The number of aliphatic hydroxyl groups excluding tert-OH is 1. The van der Waals surface area contributed by atoms with Crippen LogP contribution >= 0.6 is 0 Å². The number of cyclic esters (lactones) is 1. The highest BCUT2D eigenvalue weighted by Crippen LogP contribution is 2.32. The minimum Gasteiger partial charge on any atom is -0.507 e. The number of methoxy groups -OCH3 is 1. The first-order chi connectivity index (χ1) is 12.5. The third-order valence-electron chi connectivity index (χ3n) is 4.93. The standard InChI is InChI=1S/C19H24O7/c1-24-17(22)6-5-13-10-15-9-12(20)8-14(25-15)7-11-3-2-4-16(21)18(11)19(23)26-13/h2-4,12-15,20-21H,5-10H2,1H3. The molecule has 0 saturated carbocycles. The molecule has 1 saturated heterocycles. The van der Waals surface area contributed by atoms with Gasteiger partial charge in [0.05, 0.1) is 25.4 Å². The molecule has 0 spiro atoms. The van der Waals surface area contributed by atoms with Gasteiger partial charge in [-0.05, 0) is 37.3 Å². The van der Waals surface area contributed by atoms with Crippen LogP contribution in [0.1, 0.15) is 48.0 Å². The molecule has 0 radical (unpaired) electrons. The van der Waals surface area contributed by atoms with Crippen molar-refractivity contribution in [3.8, 4) is 5.75 Å². The summed E-state index contributed by atoms with van der Waals surface area (Å²) in [7, 11) is 1.31. The highest BCUT2D eigenvalue weighted by molar-refractivity contribution is 5.94. The lowest BCUT2D eigenvalue weighted by Gasteiger charge is -2.36. The third-order valence-corrected chi connectivity index (χ3v) is 4.93. The average molecular weight is 364 g/mol. The van der Waals surface area contributed by atoms with Gasteiger partial charge in [-0.15, -0.1) is 0 Å². The number of carbonyl (C=O) groups is 2. The molecule has 2 N–H and O–H groups in total. The molecule has 1 aromatic carbocycles. The number of phenols is 1. The van der Waals surface area contributed by atoms with Crippen LogP contribution in [0.25, 0.3) is 0 Å². The first kappa shape index (κ1) is 18.7. The van der Waals surface area contributed by atoms with Crippen molar-refractivity contribution in [3.63, 3.8) is 0 Å². The minimum atomic E-state index is -0.603. The normalized spacial score (nSPS) is 28.6. The van der Waals surface area contributed by atoms with Crippen molar-refractivity contribution in [2.24, 2.45) is 0 Å². The van der Waals surface area contributed by atoms with Gasteiger partial charge in [0.15, 0.2) is 0 Å². The van der Waals surface area contributed by atoms with Gasteiger partial charge in [-0.3, -0.25) is 4.79 Å². The van der Waals surface area contributed by atoms with Crippen LogP contribution in [0.15, 0.2) is 18.2 Å². The Kier molecular flexibility index (Phi) is 5.78. The van der Waals surface area contributed by atoms with Gasteiger partial charge >= 0.3 is 11.9 Å². The zero-order chi connectivity index (χ0) is 18.7. The van der Waals surface area contributed by atoms with E-state index < -0.39 is 18.2 Å². The molecule has 0 aliphatic carbocycles. The summed E-state index contributed by atoms with van der Waals surface area (Å²) in [5, 5.41) is 20.3. The summed E-state index contributed by atoms with van der Waals surface area (Å²) < 4.78 is 16.3. The molecule has 26 heavy (non-hydrogen) atoms. The molecule has 1 aromatic rings. The zero-order valence-electron chi connectivity index (χ0n) is 14.7. The Hall–Kier alpha value is -2.12. The maximum absolute atomic E-state index is 12.7. The first-order valence-corrected chi connectivity index (χ1v) is 8.88. The second kappa shape index (κ2) is 8.05. The van der Waals surface area contributed by atoms with Crippen LogP contribution in [0, 0.1) is 0 Å². The van der Waals surface area contributed by atoms with E-state index in [1.54, 1.807) is 12.1 Å². The molecular weight excluding hydrogens is 340 g/mol. The van der Waals surface area contributed by atoms with E-state index in [-0.39, 0.29) is 35.9 Å². The number of aromatic hydroxyl groups is 1. The van der Waals surface area contributed by atoms with E-state index in [0.717, 1.165) is 0 Å².